The van der Waals surface area contributed by atoms with E-state index in [1.807, 2.05) is 0 Å². The number of alkyl halides is 1. The third-order valence-corrected chi connectivity index (χ3v) is 2.24. The lowest BCUT2D eigenvalue weighted by molar-refractivity contribution is -0.138. The van der Waals surface area contributed by atoms with Gasteiger partial charge in [0.15, 0.2) is 11.5 Å². The normalized spacial score (nSPS) is 10.5. The summed E-state index contributed by atoms with van der Waals surface area (Å²) in [7, 11) is 2.80. The van der Waals surface area contributed by atoms with E-state index in [0.717, 1.165) is 6.08 Å². The van der Waals surface area contributed by atoms with Gasteiger partial charge < -0.3 is 19.3 Å². The Bertz CT molecular complexity index is 445. The van der Waals surface area contributed by atoms with Gasteiger partial charge in [-0.05, 0) is 23.8 Å². The highest BCUT2D eigenvalue weighted by Crippen LogP contribution is 2.37. The number of ether oxygens (including phenoxy) is 3. The topological polar surface area (TPSA) is 65.0 Å². The summed E-state index contributed by atoms with van der Waals surface area (Å²) in [6.07, 6.45) is 2.60. The summed E-state index contributed by atoms with van der Waals surface area (Å²) in [6, 6.07) is 3.05. The smallest absolute Gasteiger partial charge is 0.330 e. The minimum absolute atomic E-state index is 0.123. The molecule has 104 valence electrons. The molecule has 0 aliphatic carbocycles. The van der Waals surface area contributed by atoms with Crippen LogP contribution in [0.5, 0.6) is 17.2 Å². The number of methoxy groups -OCH3 is 2. The number of hydrogen-bond acceptors (Lipinski definition) is 5. The Labute approximate surface area is 110 Å². The van der Waals surface area contributed by atoms with E-state index in [0.29, 0.717) is 5.56 Å². The number of halogens is 1. The van der Waals surface area contributed by atoms with Gasteiger partial charge in [-0.25, -0.2) is 9.18 Å². The van der Waals surface area contributed by atoms with Crippen molar-refractivity contribution in [3.05, 3.63) is 23.8 Å². The molecule has 0 saturated heterocycles. The van der Waals surface area contributed by atoms with Crippen LogP contribution in [0.4, 0.5) is 4.39 Å². The van der Waals surface area contributed by atoms with Crippen molar-refractivity contribution in [2.75, 3.05) is 27.5 Å². The molecule has 1 N–H and O–H groups in total. The molecule has 0 saturated carbocycles. The number of phenols is 1. The molecular weight excluding hydrogens is 255 g/mol. The summed E-state index contributed by atoms with van der Waals surface area (Å²) >= 11 is 0. The molecule has 5 nitrogen and oxygen atoms in total. The first kappa shape index (κ1) is 14.8. The quantitative estimate of drug-likeness (QED) is 0.632. The number of rotatable bonds is 6. The lowest BCUT2D eigenvalue weighted by Crippen LogP contribution is -2.03. The van der Waals surface area contributed by atoms with Crippen LogP contribution in [-0.2, 0) is 9.53 Å². The monoisotopic (exact) mass is 270 g/mol. The number of carbonyl (C=O) groups excluding carboxylic acids is 1. The lowest BCUT2D eigenvalue weighted by atomic mass is 10.1. The molecule has 19 heavy (non-hydrogen) atoms. The van der Waals surface area contributed by atoms with Gasteiger partial charge in [0.1, 0.15) is 13.3 Å². The number of esters is 1. The largest absolute Gasteiger partial charge is 0.502 e. The van der Waals surface area contributed by atoms with Gasteiger partial charge in [-0.2, -0.15) is 0 Å². The van der Waals surface area contributed by atoms with E-state index in [2.05, 4.69) is 4.74 Å². The van der Waals surface area contributed by atoms with Crippen molar-refractivity contribution in [1.82, 2.24) is 0 Å². The van der Waals surface area contributed by atoms with E-state index < -0.39 is 12.6 Å². The van der Waals surface area contributed by atoms with Gasteiger partial charge in [0, 0.05) is 6.08 Å². The molecule has 0 fully saturated rings. The van der Waals surface area contributed by atoms with Gasteiger partial charge in [0.25, 0.3) is 0 Å². The Balaban J connectivity index is 2.89. The van der Waals surface area contributed by atoms with Crippen molar-refractivity contribution in [3.8, 4) is 17.2 Å². The van der Waals surface area contributed by atoms with Crippen LogP contribution < -0.4 is 9.47 Å². The van der Waals surface area contributed by atoms with Crippen LogP contribution in [-0.4, -0.2) is 38.6 Å². The van der Waals surface area contributed by atoms with Crippen LogP contribution in [0.15, 0.2) is 18.2 Å². The van der Waals surface area contributed by atoms with Gasteiger partial charge >= 0.3 is 5.97 Å². The molecule has 1 aromatic rings. The molecule has 6 heteroatoms. The average molecular weight is 270 g/mol. The zero-order chi connectivity index (χ0) is 14.3. The maximum atomic E-state index is 11.8. The fraction of sp³-hybridized carbons (Fsp3) is 0.308. The molecule has 0 radical (unpaired) electrons. The number of aromatic hydroxyl groups is 1. The molecule has 0 amide bonds. The van der Waals surface area contributed by atoms with Crippen molar-refractivity contribution in [1.29, 1.82) is 0 Å². The maximum absolute atomic E-state index is 11.8. The predicted octanol–water partition coefficient (Wildman–Crippen LogP) is 1.94. The molecule has 0 unspecified atom stereocenters. The van der Waals surface area contributed by atoms with Gasteiger partial charge in [0.2, 0.25) is 5.75 Å². The molecule has 0 heterocycles. The highest BCUT2D eigenvalue weighted by atomic mass is 19.1. The highest BCUT2D eigenvalue weighted by Gasteiger charge is 2.10. The maximum Gasteiger partial charge on any atom is 0.330 e. The molecule has 0 bridgehead atoms. The third kappa shape index (κ3) is 4.17. The summed E-state index contributed by atoms with van der Waals surface area (Å²) in [6.45, 7) is -0.994. The SMILES string of the molecule is COc1cc(/C=C/C(=O)OCCF)cc(OC)c1O. The van der Waals surface area contributed by atoms with Crippen LogP contribution in [0.25, 0.3) is 6.08 Å². The van der Waals surface area contributed by atoms with Crippen LogP contribution in [0, 0.1) is 0 Å². The van der Waals surface area contributed by atoms with Crippen molar-refractivity contribution in [2.24, 2.45) is 0 Å². The molecular formula is C13H15FO5. The van der Waals surface area contributed by atoms with E-state index in [-0.39, 0.29) is 23.9 Å². The lowest BCUT2D eigenvalue weighted by Gasteiger charge is -2.09. The van der Waals surface area contributed by atoms with Gasteiger partial charge in [-0.15, -0.1) is 0 Å². The van der Waals surface area contributed by atoms with Gasteiger partial charge in [-0.1, -0.05) is 0 Å². The van der Waals surface area contributed by atoms with E-state index >= 15 is 0 Å². The van der Waals surface area contributed by atoms with Gasteiger partial charge in [0.05, 0.1) is 14.2 Å². The first-order valence-corrected chi connectivity index (χ1v) is 5.48. The Hall–Kier alpha value is -2.24. The highest BCUT2D eigenvalue weighted by molar-refractivity contribution is 5.87. The molecule has 0 spiro atoms. The van der Waals surface area contributed by atoms with E-state index in [4.69, 9.17) is 9.47 Å². The van der Waals surface area contributed by atoms with Crippen molar-refractivity contribution in [3.63, 3.8) is 0 Å². The van der Waals surface area contributed by atoms with Crippen LogP contribution in [0.2, 0.25) is 0 Å². The zero-order valence-electron chi connectivity index (χ0n) is 10.7. The number of carbonyl (C=O) groups is 1. The van der Waals surface area contributed by atoms with E-state index in [9.17, 15) is 14.3 Å². The Morgan fingerprint density at radius 1 is 1.32 bits per heavy atom. The zero-order valence-corrected chi connectivity index (χ0v) is 10.7. The summed E-state index contributed by atoms with van der Waals surface area (Å²) in [5.41, 5.74) is 0.573. The molecule has 1 rings (SSSR count). The second kappa shape index (κ2) is 7.25. The first-order valence-electron chi connectivity index (χ1n) is 5.48. The summed E-state index contributed by atoms with van der Waals surface area (Å²) in [5, 5.41) is 9.70. The summed E-state index contributed by atoms with van der Waals surface area (Å²) in [4.78, 5) is 11.2. The average Bonchev–Trinajstić information content (AvgIpc) is 2.43. The minimum atomic E-state index is -0.722. The molecule has 1 aromatic carbocycles. The molecule has 0 aromatic heterocycles. The van der Waals surface area contributed by atoms with Gasteiger partial charge in [-0.3, -0.25) is 0 Å². The van der Waals surface area contributed by atoms with Crippen molar-refractivity contribution < 1.29 is 28.5 Å². The van der Waals surface area contributed by atoms with Crippen LogP contribution in [0.1, 0.15) is 5.56 Å². The Kier molecular flexibility index (Phi) is 5.66. The Morgan fingerprint density at radius 3 is 2.37 bits per heavy atom. The van der Waals surface area contributed by atoms with Crippen molar-refractivity contribution >= 4 is 12.0 Å². The molecule has 0 atom stereocenters. The predicted molar refractivity (Wildman–Crippen MR) is 67.2 cm³/mol. The minimum Gasteiger partial charge on any atom is -0.502 e. The van der Waals surface area contributed by atoms with E-state index in [1.54, 1.807) is 0 Å². The molecule has 0 aliphatic heterocycles. The summed E-state index contributed by atoms with van der Waals surface area (Å²) < 4.78 is 26.3. The standard InChI is InChI=1S/C13H15FO5/c1-17-10-7-9(8-11(18-2)13(10)16)3-4-12(15)19-6-5-14/h3-4,7-8,16H,5-6H2,1-2H3/b4-3+. The van der Waals surface area contributed by atoms with Crippen molar-refractivity contribution in [2.45, 2.75) is 0 Å². The fourth-order valence-corrected chi connectivity index (χ4v) is 1.36. The molecule has 0 aliphatic rings. The number of benzene rings is 1. The second-order valence-corrected chi connectivity index (χ2v) is 3.46. The number of phenolic OH excluding ortho intramolecular Hbond substituents is 1. The fourth-order valence-electron chi connectivity index (χ4n) is 1.36. The second-order valence-electron chi connectivity index (χ2n) is 3.46. The third-order valence-electron chi connectivity index (χ3n) is 2.24. The van der Waals surface area contributed by atoms with Crippen LogP contribution >= 0.6 is 0 Å². The van der Waals surface area contributed by atoms with E-state index in [1.165, 1.54) is 32.4 Å². The Morgan fingerprint density at radius 2 is 1.89 bits per heavy atom. The number of hydrogen-bond donors (Lipinski definition) is 1. The first-order chi connectivity index (χ1) is 9.12. The van der Waals surface area contributed by atoms with Crippen LogP contribution in [0.3, 0.4) is 0 Å². The summed E-state index contributed by atoms with van der Waals surface area (Å²) in [5.74, 6) is -0.335.